The van der Waals surface area contributed by atoms with Crippen molar-refractivity contribution < 1.29 is 9.59 Å². The predicted molar refractivity (Wildman–Crippen MR) is 70.2 cm³/mol. The topological polar surface area (TPSA) is 81.2 Å². The van der Waals surface area contributed by atoms with Gasteiger partial charge in [-0.2, -0.15) is 0 Å². The molecule has 1 saturated heterocycles. The zero-order valence-corrected chi connectivity index (χ0v) is 10.5. The van der Waals surface area contributed by atoms with Crippen LogP contribution in [0.5, 0.6) is 0 Å². The lowest BCUT2D eigenvalue weighted by Gasteiger charge is -2.29. The second-order valence-electron chi connectivity index (χ2n) is 4.67. The van der Waals surface area contributed by atoms with Crippen LogP contribution in [0.2, 0.25) is 0 Å². The minimum absolute atomic E-state index is 0.149. The van der Waals surface area contributed by atoms with E-state index in [0.29, 0.717) is 18.8 Å². The van der Waals surface area contributed by atoms with Gasteiger partial charge in [-0.3, -0.25) is 19.1 Å². The Morgan fingerprint density at radius 2 is 2.05 bits per heavy atom. The maximum Gasteiger partial charge on any atom is 0.252 e. The largest absolute Gasteiger partial charge is 0.369 e. The van der Waals surface area contributed by atoms with E-state index in [4.69, 9.17) is 5.73 Å². The molecule has 0 aliphatic carbocycles. The number of nitrogens with two attached hydrogens (primary N) is 1. The van der Waals surface area contributed by atoms with Gasteiger partial charge in [0.25, 0.3) is 5.91 Å². The number of nitrogens with zero attached hydrogens (tertiary/aromatic N) is 3. The number of anilines is 1. The highest BCUT2D eigenvalue weighted by atomic mass is 16.2. The molecule has 2 heterocycles. The Bertz CT molecular complexity index is 676. The van der Waals surface area contributed by atoms with E-state index in [1.807, 2.05) is 24.3 Å². The number of imidazole rings is 1. The number of likely N-dealkylation sites (N-methyl/N-ethyl adjacent to an activating group) is 1. The van der Waals surface area contributed by atoms with Gasteiger partial charge in [-0.1, -0.05) is 12.1 Å². The van der Waals surface area contributed by atoms with Gasteiger partial charge in [-0.05, 0) is 18.6 Å². The Hall–Kier alpha value is -2.37. The van der Waals surface area contributed by atoms with Crippen molar-refractivity contribution in [2.24, 2.45) is 0 Å². The van der Waals surface area contributed by atoms with Gasteiger partial charge in [-0.25, -0.2) is 4.98 Å². The molecule has 2 amide bonds. The van der Waals surface area contributed by atoms with Crippen LogP contribution >= 0.6 is 0 Å². The number of para-hydroxylation sites is 2. The zero-order valence-electron chi connectivity index (χ0n) is 10.5. The second-order valence-corrected chi connectivity index (χ2v) is 4.67. The fourth-order valence-electron chi connectivity index (χ4n) is 2.53. The monoisotopic (exact) mass is 258 g/mol. The average molecular weight is 258 g/mol. The molecule has 3 rings (SSSR count). The molecule has 1 unspecified atom stereocenters. The molecule has 2 aromatic rings. The molecule has 98 valence electrons. The number of hydrogen-bond donors (Lipinski definition) is 1. The highest BCUT2D eigenvalue weighted by molar-refractivity contribution is 6.00. The lowest BCUT2D eigenvalue weighted by Crippen LogP contribution is -2.43. The van der Waals surface area contributed by atoms with E-state index >= 15 is 0 Å². The molecule has 1 atom stereocenters. The molecule has 0 radical (unpaired) electrons. The summed E-state index contributed by atoms with van der Waals surface area (Å²) in [5.74, 6) is -0.0716. The molecular weight excluding hydrogens is 244 g/mol. The van der Waals surface area contributed by atoms with Gasteiger partial charge in [0.1, 0.15) is 6.04 Å². The molecule has 1 aliphatic rings. The lowest BCUT2D eigenvalue weighted by molar-refractivity contribution is -0.149. The van der Waals surface area contributed by atoms with Crippen molar-refractivity contribution in [2.45, 2.75) is 18.9 Å². The Labute approximate surface area is 109 Å². The van der Waals surface area contributed by atoms with Gasteiger partial charge in [0.2, 0.25) is 11.9 Å². The van der Waals surface area contributed by atoms with E-state index < -0.39 is 6.04 Å². The maximum absolute atomic E-state index is 12.2. The summed E-state index contributed by atoms with van der Waals surface area (Å²) in [6.45, 7) is 0. The third-order valence-electron chi connectivity index (χ3n) is 3.56. The van der Waals surface area contributed by atoms with Crippen LogP contribution in [-0.2, 0) is 9.59 Å². The van der Waals surface area contributed by atoms with Crippen LogP contribution < -0.4 is 5.73 Å². The first-order valence-corrected chi connectivity index (χ1v) is 6.12. The van der Waals surface area contributed by atoms with E-state index in [1.165, 1.54) is 11.9 Å². The first-order valence-electron chi connectivity index (χ1n) is 6.12. The van der Waals surface area contributed by atoms with Crippen LogP contribution in [0.15, 0.2) is 24.3 Å². The standard InChI is InChI=1S/C13H14N4O2/c1-16-11(18)7-6-10(12(16)19)17-9-5-3-2-4-8(9)15-13(17)14/h2-5,10H,6-7H2,1H3,(H2,14,15). The summed E-state index contributed by atoms with van der Waals surface area (Å²) < 4.78 is 1.72. The molecule has 2 N–H and O–H groups in total. The number of aromatic nitrogens is 2. The number of fused-ring (bicyclic) bond motifs is 1. The van der Waals surface area contributed by atoms with Gasteiger partial charge >= 0.3 is 0 Å². The molecule has 0 saturated carbocycles. The van der Waals surface area contributed by atoms with E-state index in [0.717, 1.165) is 11.0 Å². The highest BCUT2D eigenvalue weighted by Gasteiger charge is 2.34. The Kier molecular flexibility index (Phi) is 2.51. The molecule has 6 heteroatoms. The zero-order chi connectivity index (χ0) is 13.6. The van der Waals surface area contributed by atoms with Crippen molar-refractivity contribution in [3.8, 4) is 0 Å². The number of likely N-dealkylation sites (tertiary alicyclic amines) is 1. The van der Waals surface area contributed by atoms with Crippen molar-refractivity contribution in [3.05, 3.63) is 24.3 Å². The summed E-state index contributed by atoms with van der Waals surface area (Å²) in [7, 11) is 1.51. The third kappa shape index (κ3) is 1.68. The van der Waals surface area contributed by atoms with Crippen LogP contribution in [0, 0.1) is 0 Å². The minimum atomic E-state index is -0.449. The van der Waals surface area contributed by atoms with Crippen LogP contribution in [-0.4, -0.2) is 33.3 Å². The quantitative estimate of drug-likeness (QED) is 0.772. The fourth-order valence-corrected chi connectivity index (χ4v) is 2.53. The lowest BCUT2D eigenvalue weighted by atomic mass is 10.0. The highest BCUT2D eigenvalue weighted by Crippen LogP contribution is 2.29. The first-order chi connectivity index (χ1) is 9.09. The predicted octanol–water partition coefficient (Wildman–Crippen LogP) is 0.938. The summed E-state index contributed by atoms with van der Waals surface area (Å²) in [5, 5.41) is 0. The summed E-state index contributed by atoms with van der Waals surface area (Å²) in [4.78, 5) is 29.2. The van der Waals surface area contributed by atoms with Crippen molar-refractivity contribution in [2.75, 3.05) is 12.8 Å². The van der Waals surface area contributed by atoms with Crippen LogP contribution in [0.25, 0.3) is 11.0 Å². The van der Waals surface area contributed by atoms with E-state index in [2.05, 4.69) is 4.98 Å². The number of nitrogen functional groups attached to an aromatic ring is 1. The molecule has 1 fully saturated rings. The van der Waals surface area contributed by atoms with E-state index in [1.54, 1.807) is 4.57 Å². The van der Waals surface area contributed by atoms with E-state index in [-0.39, 0.29) is 11.8 Å². The van der Waals surface area contributed by atoms with E-state index in [9.17, 15) is 9.59 Å². The molecule has 0 spiro atoms. The summed E-state index contributed by atoms with van der Waals surface area (Å²) >= 11 is 0. The van der Waals surface area contributed by atoms with Crippen molar-refractivity contribution >= 4 is 28.8 Å². The third-order valence-corrected chi connectivity index (χ3v) is 3.56. The molecule has 0 bridgehead atoms. The van der Waals surface area contributed by atoms with Gasteiger partial charge < -0.3 is 5.73 Å². The van der Waals surface area contributed by atoms with Gasteiger partial charge in [0.05, 0.1) is 11.0 Å². The number of amides is 2. The van der Waals surface area contributed by atoms with Crippen molar-refractivity contribution in [3.63, 3.8) is 0 Å². The normalized spacial score (nSPS) is 20.3. The second kappa shape index (κ2) is 4.08. The number of carbonyl (C=O) groups is 2. The number of hydrogen-bond acceptors (Lipinski definition) is 4. The summed E-state index contributed by atoms with van der Waals surface area (Å²) in [5.41, 5.74) is 7.50. The Balaban J connectivity index is 2.12. The summed E-state index contributed by atoms with van der Waals surface area (Å²) in [6.07, 6.45) is 0.811. The summed E-state index contributed by atoms with van der Waals surface area (Å²) in [6, 6.07) is 7.03. The number of benzene rings is 1. The van der Waals surface area contributed by atoms with Crippen LogP contribution in [0.4, 0.5) is 5.95 Å². The van der Waals surface area contributed by atoms with Crippen LogP contribution in [0.1, 0.15) is 18.9 Å². The van der Waals surface area contributed by atoms with Crippen molar-refractivity contribution in [1.29, 1.82) is 0 Å². The molecule has 19 heavy (non-hydrogen) atoms. The number of piperidine rings is 1. The molecule has 1 aromatic carbocycles. The number of imide groups is 1. The Morgan fingerprint density at radius 1 is 1.32 bits per heavy atom. The first kappa shape index (κ1) is 11.7. The minimum Gasteiger partial charge on any atom is -0.369 e. The van der Waals surface area contributed by atoms with Crippen molar-refractivity contribution in [1.82, 2.24) is 14.5 Å². The SMILES string of the molecule is CN1C(=O)CCC(n2c(N)nc3ccccc32)C1=O. The van der Waals surface area contributed by atoms with Crippen LogP contribution in [0.3, 0.4) is 0 Å². The van der Waals surface area contributed by atoms with Gasteiger partial charge in [0.15, 0.2) is 0 Å². The molecule has 1 aliphatic heterocycles. The number of carbonyl (C=O) groups excluding carboxylic acids is 2. The molecule has 6 nitrogen and oxygen atoms in total. The van der Waals surface area contributed by atoms with Gasteiger partial charge in [0, 0.05) is 13.5 Å². The molecule has 1 aromatic heterocycles. The van der Waals surface area contributed by atoms with Gasteiger partial charge in [-0.15, -0.1) is 0 Å². The number of rotatable bonds is 1. The maximum atomic E-state index is 12.2. The molecular formula is C13H14N4O2. The smallest absolute Gasteiger partial charge is 0.252 e. The fraction of sp³-hybridized carbons (Fsp3) is 0.308. The average Bonchev–Trinajstić information content (AvgIpc) is 2.73. The Morgan fingerprint density at radius 3 is 2.84 bits per heavy atom.